The number of rotatable bonds is 15. The van der Waals surface area contributed by atoms with Gasteiger partial charge in [-0.25, -0.2) is 13.2 Å². The SMILES string of the molecule is CCCCCCC(F)COC1CCc2cc(-c3ccc(CCCCC(C)CC)cn3)c(F)c(F)c2C1. The van der Waals surface area contributed by atoms with Gasteiger partial charge in [0, 0.05) is 18.2 Å². The number of pyridine rings is 1. The monoisotopic (exact) mass is 503 g/mol. The number of aryl methyl sites for hydroxylation is 2. The molecule has 3 unspecified atom stereocenters. The molecular weight excluding hydrogens is 459 g/mol. The second-order valence-electron chi connectivity index (χ2n) is 10.6. The predicted molar refractivity (Wildman–Crippen MR) is 142 cm³/mol. The van der Waals surface area contributed by atoms with Crippen LogP contribution in [-0.2, 0) is 24.0 Å². The first-order valence-electron chi connectivity index (χ1n) is 14.1. The van der Waals surface area contributed by atoms with E-state index >= 15 is 8.78 Å². The Kier molecular flexibility index (Phi) is 11.8. The van der Waals surface area contributed by atoms with E-state index < -0.39 is 17.8 Å². The van der Waals surface area contributed by atoms with Gasteiger partial charge in [0.25, 0.3) is 0 Å². The van der Waals surface area contributed by atoms with Gasteiger partial charge < -0.3 is 4.74 Å². The molecule has 2 aromatic rings. The summed E-state index contributed by atoms with van der Waals surface area (Å²) in [5.41, 5.74) is 2.96. The second-order valence-corrected chi connectivity index (χ2v) is 10.6. The fourth-order valence-electron chi connectivity index (χ4n) is 5.01. The van der Waals surface area contributed by atoms with E-state index in [-0.39, 0.29) is 24.7 Å². The van der Waals surface area contributed by atoms with Crippen molar-refractivity contribution in [2.45, 2.75) is 117 Å². The van der Waals surface area contributed by atoms with Crippen molar-refractivity contribution in [1.82, 2.24) is 4.98 Å². The van der Waals surface area contributed by atoms with E-state index in [0.29, 0.717) is 30.5 Å². The third-order valence-corrected chi connectivity index (χ3v) is 7.66. The van der Waals surface area contributed by atoms with Gasteiger partial charge in [0.1, 0.15) is 6.17 Å². The van der Waals surface area contributed by atoms with E-state index in [1.54, 1.807) is 18.3 Å². The number of aromatic nitrogens is 1. The van der Waals surface area contributed by atoms with E-state index in [9.17, 15) is 4.39 Å². The lowest BCUT2D eigenvalue weighted by Gasteiger charge is -2.26. The number of hydrogen-bond acceptors (Lipinski definition) is 2. The number of nitrogens with zero attached hydrogens (tertiary/aromatic N) is 1. The van der Waals surface area contributed by atoms with Gasteiger partial charge in [-0.15, -0.1) is 0 Å². The molecule has 1 aliphatic carbocycles. The Morgan fingerprint density at radius 3 is 2.56 bits per heavy atom. The summed E-state index contributed by atoms with van der Waals surface area (Å²) in [6.45, 7) is 6.67. The Morgan fingerprint density at radius 2 is 1.83 bits per heavy atom. The highest BCUT2D eigenvalue weighted by atomic mass is 19.2. The van der Waals surface area contributed by atoms with Crippen molar-refractivity contribution in [1.29, 1.82) is 0 Å². The molecule has 1 aromatic heterocycles. The molecule has 0 saturated carbocycles. The highest BCUT2D eigenvalue weighted by Gasteiger charge is 2.27. The first-order valence-corrected chi connectivity index (χ1v) is 14.1. The normalized spacial score (nSPS) is 17.1. The minimum absolute atomic E-state index is 0.0300. The Hall–Kier alpha value is -1.88. The summed E-state index contributed by atoms with van der Waals surface area (Å²) in [5, 5.41) is 0. The van der Waals surface area contributed by atoms with Crippen LogP contribution in [0, 0.1) is 17.6 Å². The molecule has 5 heteroatoms. The summed E-state index contributed by atoms with van der Waals surface area (Å²) in [6.07, 6.45) is 12.4. The molecule has 36 heavy (non-hydrogen) atoms. The highest BCUT2D eigenvalue weighted by molar-refractivity contribution is 5.63. The number of benzene rings is 1. The smallest absolute Gasteiger partial charge is 0.168 e. The van der Waals surface area contributed by atoms with Crippen LogP contribution in [0.2, 0.25) is 0 Å². The van der Waals surface area contributed by atoms with Crippen molar-refractivity contribution in [3.8, 4) is 11.3 Å². The van der Waals surface area contributed by atoms with Crippen LogP contribution in [0.3, 0.4) is 0 Å². The molecule has 0 spiro atoms. The largest absolute Gasteiger partial charge is 0.375 e. The van der Waals surface area contributed by atoms with Gasteiger partial charge in [0.15, 0.2) is 11.6 Å². The van der Waals surface area contributed by atoms with Crippen molar-refractivity contribution in [3.63, 3.8) is 0 Å². The molecule has 200 valence electrons. The van der Waals surface area contributed by atoms with Crippen LogP contribution in [0.15, 0.2) is 24.4 Å². The minimum atomic E-state index is -0.999. The van der Waals surface area contributed by atoms with Gasteiger partial charge in [-0.2, -0.15) is 0 Å². The number of ether oxygens (including phenoxy) is 1. The summed E-state index contributed by atoms with van der Waals surface area (Å²) < 4.78 is 50.1. The molecule has 0 saturated heterocycles. The molecule has 2 nitrogen and oxygen atoms in total. The molecule has 0 aliphatic heterocycles. The van der Waals surface area contributed by atoms with Crippen molar-refractivity contribution in [2.24, 2.45) is 5.92 Å². The quantitative estimate of drug-likeness (QED) is 0.226. The average molecular weight is 504 g/mol. The lowest BCUT2D eigenvalue weighted by atomic mass is 9.87. The Balaban J connectivity index is 1.56. The first-order chi connectivity index (χ1) is 17.4. The van der Waals surface area contributed by atoms with E-state index in [1.807, 2.05) is 6.07 Å². The average Bonchev–Trinajstić information content (AvgIpc) is 2.90. The van der Waals surface area contributed by atoms with Crippen LogP contribution in [0.1, 0.15) is 102 Å². The van der Waals surface area contributed by atoms with Gasteiger partial charge in [0.05, 0.1) is 18.4 Å². The second kappa shape index (κ2) is 14.8. The van der Waals surface area contributed by atoms with E-state index in [4.69, 9.17) is 4.74 Å². The zero-order chi connectivity index (χ0) is 25.9. The van der Waals surface area contributed by atoms with Crippen molar-refractivity contribution in [2.75, 3.05) is 6.61 Å². The topological polar surface area (TPSA) is 22.1 Å². The lowest BCUT2D eigenvalue weighted by Crippen LogP contribution is -2.27. The number of fused-ring (bicyclic) bond motifs is 1. The number of hydrogen-bond donors (Lipinski definition) is 0. The van der Waals surface area contributed by atoms with Crippen LogP contribution in [0.5, 0.6) is 0 Å². The van der Waals surface area contributed by atoms with E-state index in [0.717, 1.165) is 55.6 Å². The van der Waals surface area contributed by atoms with Gasteiger partial charge in [-0.3, -0.25) is 4.98 Å². The van der Waals surface area contributed by atoms with Crippen LogP contribution in [-0.4, -0.2) is 23.9 Å². The maximum Gasteiger partial charge on any atom is 0.168 e. The summed E-state index contributed by atoms with van der Waals surface area (Å²) in [6, 6.07) is 5.51. The first kappa shape index (κ1) is 28.7. The zero-order valence-corrected chi connectivity index (χ0v) is 22.4. The fraction of sp³-hybridized carbons (Fsp3) is 0.645. The third kappa shape index (κ3) is 8.33. The minimum Gasteiger partial charge on any atom is -0.375 e. The molecule has 0 bridgehead atoms. The summed E-state index contributed by atoms with van der Waals surface area (Å²) >= 11 is 0. The zero-order valence-electron chi connectivity index (χ0n) is 22.4. The maximum absolute atomic E-state index is 15.1. The Bertz CT molecular complexity index is 930. The van der Waals surface area contributed by atoms with Crippen LogP contribution in [0.25, 0.3) is 11.3 Å². The molecule has 1 heterocycles. The number of unbranched alkanes of at least 4 members (excludes halogenated alkanes) is 4. The molecule has 0 N–H and O–H groups in total. The van der Waals surface area contributed by atoms with Crippen molar-refractivity contribution in [3.05, 3.63) is 52.7 Å². The Labute approximate surface area is 216 Å². The van der Waals surface area contributed by atoms with Crippen LogP contribution in [0.4, 0.5) is 13.2 Å². The molecule has 3 rings (SSSR count). The van der Waals surface area contributed by atoms with Crippen LogP contribution < -0.4 is 0 Å². The molecule has 1 aliphatic rings. The number of halogens is 3. The van der Waals surface area contributed by atoms with Crippen LogP contribution >= 0.6 is 0 Å². The van der Waals surface area contributed by atoms with Crippen molar-refractivity contribution < 1.29 is 17.9 Å². The van der Waals surface area contributed by atoms with Gasteiger partial charge in [0.2, 0.25) is 0 Å². The standard InChI is InChI=1S/C31H44F3NO/c1-4-6-7-8-13-25(32)21-36-26-16-15-24-18-28(31(34)30(33)27(24)19-26)29-17-14-23(20-35-29)12-10-9-11-22(3)5-2/h14,17-18,20,22,25-26H,4-13,15-16,19,21H2,1-3H3. The molecule has 3 atom stereocenters. The van der Waals surface area contributed by atoms with E-state index in [2.05, 4.69) is 25.8 Å². The van der Waals surface area contributed by atoms with Gasteiger partial charge in [-0.05, 0) is 66.8 Å². The summed E-state index contributed by atoms with van der Waals surface area (Å²) in [4.78, 5) is 4.46. The number of alkyl halides is 1. The molecular formula is C31H44F3NO. The summed E-state index contributed by atoms with van der Waals surface area (Å²) in [5.74, 6) is -0.916. The van der Waals surface area contributed by atoms with Crippen molar-refractivity contribution >= 4 is 0 Å². The highest BCUT2D eigenvalue weighted by Crippen LogP contribution is 2.33. The lowest BCUT2D eigenvalue weighted by molar-refractivity contribution is 0.00865. The molecule has 0 amide bonds. The molecule has 1 aromatic carbocycles. The Morgan fingerprint density at radius 1 is 1.03 bits per heavy atom. The molecule has 0 fully saturated rings. The molecule has 0 radical (unpaired) electrons. The maximum atomic E-state index is 15.1. The summed E-state index contributed by atoms with van der Waals surface area (Å²) in [7, 11) is 0. The predicted octanol–water partition coefficient (Wildman–Crippen LogP) is 8.97. The van der Waals surface area contributed by atoms with E-state index in [1.165, 1.54) is 19.3 Å². The fourth-order valence-corrected chi connectivity index (χ4v) is 5.01. The third-order valence-electron chi connectivity index (χ3n) is 7.66. The van der Waals surface area contributed by atoms with Gasteiger partial charge >= 0.3 is 0 Å². The van der Waals surface area contributed by atoms with Gasteiger partial charge in [-0.1, -0.05) is 71.8 Å².